The highest BCUT2D eigenvalue weighted by Crippen LogP contribution is 2.45. The highest BCUT2D eigenvalue weighted by Gasteiger charge is 2.40. The Hall–Kier alpha value is -0.830. The average molecular weight is 219 g/mol. The monoisotopic (exact) mass is 219 g/mol. The van der Waals surface area contributed by atoms with Gasteiger partial charge in [-0.15, -0.1) is 0 Å². The summed E-state index contributed by atoms with van der Waals surface area (Å²) in [6.07, 6.45) is 11.1. The molecule has 1 aromatic heterocycles. The smallest absolute Gasteiger partial charge is 0.108 e. The van der Waals surface area contributed by atoms with Crippen molar-refractivity contribution in [2.24, 2.45) is 5.73 Å². The number of fused-ring (bicyclic) bond motifs is 1. The molecule has 0 aromatic carbocycles. The minimum atomic E-state index is 0.346. The summed E-state index contributed by atoms with van der Waals surface area (Å²) >= 11 is 0. The number of imidazole rings is 1. The topological polar surface area (TPSA) is 43.8 Å². The molecule has 0 atom stereocenters. The van der Waals surface area contributed by atoms with Gasteiger partial charge in [0.1, 0.15) is 5.82 Å². The molecule has 2 heterocycles. The molecule has 0 saturated heterocycles. The van der Waals surface area contributed by atoms with E-state index in [2.05, 4.69) is 10.8 Å². The Bertz CT molecular complexity index is 353. The fraction of sp³-hybridized carbons (Fsp3) is 0.769. The van der Waals surface area contributed by atoms with E-state index in [9.17, 15) is 0 Å². The molecule has 0 amide bonds. The van der Waals surface area contributed by atoms with Crippen molar-refractivity contribution in [1.29, 1.82) is 0 Å². The van der Waals surface area contributed by atoms with Crippen LogP contribution >= 0.6 is 0 Å². The first-order valence-corrected chi connectivity index (χ1v) is 6.61. The number of hydrogen-bond donors (Lipinski definition) is 1. The van der Waals surface area contributed by atoms with E-state index in [1.165, 1.54) is 56.6 Å². The summed E-state index contributed by atoms with van der Waals surface area (Å²) < 4.78 is 2.37. The minimum Gasteiger partial charge on any atom is -0.335 e. The molecule has 2 N–H and O–H groups in total. The second-order valence-corrected chi connectivity index (χ2v) is 5.37. The van der Waals surface area contributed by atoms with Crippen LogP contribution in [0.25, 0.3) is 0 Å². The number of hydrogen-bond acceptors (Lipinski definition) is 2. The first kappa shape index (κ1) is 10.3. The maximum atomic E-state index is 5.75. The third kappa shape index (κ3) is 1.49. The van der Waals surface area contributed by atoms with Gasteiger partial charge >= 0.3 is 0 Å². The molecule has 1 saturated carbocycles. The first-order valence-electron chi connectivity index (χ1n) is 6.61. The van der Waals surface area contributed by atoms with Crippen LogP contribution in [0.3, 0.4) is 0 Å². The molecule has 0 radical (unpaired) electrons. The molecular weight excluding hydrogens is 198 g/mol. The number of nitrogens with zero attached hydrogens (tertiary/aromatic N) is 2. The molecule has 1 fully saturated rings. The third-order valence-electron chi connectivity index (χ3n) is 4.39. The van der Waals surface area contributed by atoms with Crippen molar-refractivity contribution in [1.82, 2.24) is 9.55 Å². The van der Waals surface area contributed by atoms with Crippen molar-refractivity contribution < 1.29 is 0 Å². The first-order chi connectivity index (χ1) is 7.84. The summed E-state index contributed by atoms with van der Waals surface area (Å²) in [4.78, 5) is 4.87. The summed E-state index contributed by atoms with van der Waals surface area (Å²) in [6, 6.07) is 0. The van der Waals surface area contributed by atoms with E-state index in [1.54, 1.807) is 0 Å². The maximum Gasteiger partial charge on any atom is 0.108 e. The Kier molecular flexibility index (Phi) is 2.51. The van der Waals surface area contributed by atoms with E-state index >= 15 is 0 Å². The van der Waals surface area contributed by atoms with Gasteiger partial charge in [0.05, 0.1) is 5.69 Å². The molecule has 1 aromatic rings. The van der Waals surface area contributed by atoms with Crippen LogP contribution in [0.1, 0.15) is 50.0 Å². The average Bonchev–Trinajstić information content (AvgIpc) is 2.66. The number of aromatic nitrogens is 2. The zero-order valence-corrected chi connectivity index (χ0v) is 9.91. The molecule has 3 nitrogen and oxygen atoms in total. The molecule has 1 aliphatic heterocycles. The van der Waals surface area contributed by atoms with Crippen molar-refractivity contribution >= 4 is 0 Å². The van der Waals surface area contributed by atoms with E-state index < -0.39 is 0 Å². The number of nitrogens with two attached hydrogens (primary N) is 1. The molecule has 0 unspecified atom stereocenters. The van der Waals surface area contributed by atoms with Crippen molar-refractivity contribution in [3.63, 3.8) is 0 Å². The van der Waals surface area contributed by atoms with Gasteiger partial charge in [-0.3, -0.25) is 0 Å². The predicted octanol–water partition coefficient (Wildman–Crippen LogP) is 1.99. The van der Waals surface area contributed by atoms with Crippen molar-refractivity contribution in [3.05, 3.63) is 17.7 Å². The zero-order chi connectivity index (χ0) is 11.0. The van der Waals surface area contributed by atoms with Crippen molar-refractivity contribution in [3.8, 4) is 0 Å². The minimum absolute atomic E-state index is 0.346. The van der Waals surface area contributed by atoms with E-state index in [0.29, 0.717) is 5.41 Å². The van der Waals surface area contributed by atoms with Gasteiger partial charge in [-0.05, 0) is 38.6 Å². The van der Waals surface area contributed by atoms with Crippen LogP contribution in [0.2, 0.25) is 0 Å². The normalized spacial score (nSPS) is 22.6. The van der Waals surface area contributed by atoms with Gasteiger partial charge in [0, 0.05) is 24.6 Å². The molecule has 1 aliphatic carbocycles. The highest BCUT2D eigenvalue weighted by atomic mass is 15.1. The molecule has 88 valence electrons. The molecular formula is C13H21N3. The molecule has 0 bridgehead atoms. The number of aryl methyl sites for hydroxylation is 2. The van der Waals surface area contributed by atoms with Crippen LogP contribution in [-0.4, -0.2) is 16.1 Å². The molecule has 0 spiro atoms. The van der Waals surface area contributed by atoms with Gasteiger partial charge in [-0.2, -0.15) is 0 Å². The summed E-state index contributed by atoms with van der Waals surface area (Å²) in [6.45, 7) is 1.96. The van der Waals surface area contributed by atoms with Gasteiger partial charge in [0.2, 0.25) is 0 Å². The second kappa shape index (κ2) is 3.88. The van der Waals surface area contributed by atoms with Crippen LogP contribution in [0.5, 0.6) is 0 Å². The summed E-state index contributed by atoms with van der Waals surface area (Å²) in [5.41, 5.74) is 7.43. The van der Waals surface area contributed by atoms with Gasteiger partial charge in [-0.1, -0.05) is 6.42 Å². The summed E-state index contributed by atoms with van der Waals surface area (Å²) in [5.74, 6) is 1.31. The lowest BCUT2D eigenvalue weighted by Gasteiger charge is -2.40. The molecule has 16 heavy (non-hydrogen) atoms. The van der Waals surface area contributed by atoms with Gasteiger partial charge < -0.3 is 10.3 Å². The Labute approximate surface area is 97.0 Å². The Morgan fingerprint density at radius 3 is 2.81 bits per heavy atom. The van der Waals surface area contributed by atoms with E-state index in [1.807, 2.05) is 0 Å². The lowest BCUT2D eigenvalue weighted by Crippen LogP contribution is -2.36. The van der Waals surface area contributed by atoms with Crippen LogP contribution in [0.15, 0.2) is 6.20 Å². The summed E-state index contributed by atoms with van der Waals surface area (Å²) in [5, 5.41) is 0. The van der Waals surface area contributed by atoms with Crippen LogP contribution in [0.4, 0.5) is 0 Å². The zero-order valence-electron chi connectivity index (χ0n) is 9.91. The highest BCUT2D eigenvalue weighted by molar-refractivity contribution is 5.21. The maximum absolute atomic E-state index is 5.75. The quantitative estimate of drug-likeness (QED) is 0.845. The fourth-order valence-electron chi connectivity index (χ4n) is 3.18. The standard InChI is InChI=1S/C13H21N3/c14-8-7-13(5-3-6-13)11-10-16-9-2-1-4-12(16)15-11/h10H,1-9,14H2. The van der Waals surface area contributed by atoms with Crippen LogP contribution in [0, 0.1) is 0 Å². The molecule has 3 rings (SSSR count). The van der Waals surface area contributed by atoms with Gasteiger partial charge in [0.25, 0.3) is 0 Å². The Morgan fingerprint density at radius 2 is 2.19 bits per heavy atom. The van der Waals surface area contributed by atoms with Gasteiger partial charge in [0.15, 0.2) is 0 Å². The lowest BCUT2D eigenvalue weighted by atomic mass is 9.65. The second-order valence-electron chi connectivity index (χ2n) is 5.37. The SMILES string of the molecule is NCCC1(c2cn3c(n2)CCCC3)CCC1. The van der Waals surface area contributed by atoms with E-state index in [0.717, 1.165) is 13.0 Å². The Morgan fingerprint density at radius 1 is 1.31 bits per heavy atom. The third-order valence-corrected chi connectivity index (χ3v) is 4.39. The van der Waals surface area contributed by atoms with Crippen LogP contribution in [-0.2, 0) is 18.4 Å². The van der Waals surface area contributed by atoms with Crippen LogP contribution < -0.4 is 5.73 Å². The molecule has 2 aliphatic rings. The molecule has 3 heteroatoms. The summed E-state index contributed by atoms with van der Waals surface area (Å²) in [7, 11) is 0. The lowest BCUT2D eigenvalue weighted by molar-refractivity contribution is 0.223. The van der Waals surface area contributed by atoms with Gasteiger partial charge in [-0.25, -0.2) is 4.98 Å². The predicted molar refractivity (Wildman–Crippen MR) is 64.4 cm³/mol. The Balaban J connectivity index is 1.90. The van der Waals surface area contributed by atoms with E-state index in [-0.39, 0.29) is 0 Å². The van der Waals surface area contributed by atoms with E-state index in [4.69, 9.17) is 10.7 Å². The number of rotatable bonds is 3. The largest absolute Gasteiger partial charge is 0.335 e. The fourth-order valence-corrected chi connectivity index (χ4v) is 3.18. The van der Waals surface area contributed by atoms with Crippen molar-refractivity contribution in [2.75, 3.05) is 6.54 Å². The van der Waals surface area contributed by atoms with Crippen molar-refractivity contribution in [2.45, 2.75) is 56.9 Å².